The summed E-state index contributed by atoms with van der Waals surface area (Å²) in [5.41, 5.74) is 0. The minimum absolute atomic E-state index is 0.0461. The second-order valence-electron chi connectivity index (χ2n) is 5.00. The van der Waals surface area contributed by atoms with E-state index in [9.17, 15) is 5.11 Å². The van der Waals surface area contributed by atoms with Gasteiger partial charge in [0.2, 0.25) is 0 Å². The number of hydrogen-bond donors (Lipinski definition) is 1. The number of phenolic OH excluding ortho intramolecular Hbond substituents is 1. The second kappa shape index (κ2) is 7.00. The molecule has 0 aliphatic rings. The van der Waals surface area contributed by atoms with Crippen LogP contribution in [-0.4, -0.2) is 10.4 Å². The molecule has 0 fully saturated rings. The molecule has 6 heteroatoms. The first-order chi connectivity index (χ1) is 8.68. The Morgan fingerprint density at radius 1 is 0.789 bits per heavy atom. The smallest absolute Gasteiger partial charge is 0.155 e. The number of halogens is 4. The van der Waals surface area contributed by atoms with Crippen LogP contribution in [0.1, 0.15) is 27.7 Å². The summed E-state index contributed by atoms with van der Waals surface area (Å²) < 4.78 is 0. The highest BCUT2D eigenvalue weighted by molar-refractivity contribution is 8.00. The van der Waals surface area contributed by atoms with E-state index >= 15 is 0 Å². The van der Waals surface area contributed by atoms with Crippen LogP contribution in [0.2, 0.25) is 20.1 Å². The van der Waals surface area contributed by atoms with Crippen molar-refractivity contribution in [2.45, 2.75) is 37.8 Å². The van der Waals surface area contributed by atoms with Crippen molar-refractivity contribution in [2.24, 2.45) is 11.8 Å². The standard InChI is InChI=1S/C13H16Cl4OS/c1-5(2)12(6(3)4)19-13-9(16)7(14)11(18)8(15)10(13)17/h5-6,12,18H,1-4H3. The molecule has 0 saturated carbocycles. The molecule has 19 heavy (non-hydrogen) atoms. The summed E-state index contributed by atoms with van der Waals surface area (Å²) in [6.45, 7) is 8.57. The Bertz CT molecular complexity index is 437. The van der Waals surface area contributed by atoms with Crippen LogP contribution < -0.4 is 0 Å². The van der Waals surface area contributed by atoms with Crippen LogP contribution in [0.15, 0.2) is 4.90 Å². The summed E-state index contributed by atoms with van der Waals surface area (Å²) in [6, 6.07) is 0. The molecule has 108 valence electrons. The summed E-state index contributed by atoms with van der Waals surface area (Å²) in [4.78, 5) is 0.628. The van der Waals surface area contributed by atoms with Gasteiger partial charge in [-0.2, -0.15) is 0 Å². The zero-order valence-electron chi connectivity index (χ0n) is 11.1. The van der Waals surface area contributed by atoms with Gasteiger partial charge in [-0.3, -0.25) is 0 Å². The van der Waals surface area contributed by atoms with Gasteiger partial charge >= 0.3 is 0 Å². The van der Waals surface area contributed by atoms with Gasteiger partial charge in [0.1, 0.15) is 10.0 Å². The zero-order valence-corrected chi connectivity index (χ0v) is 14.9. The lowest BCUT2D eigenvalue weighted by Crippen LogP contribution is -2.18. The minimum atomic E-state index is -0.270. The lowest BCUT2D eigenvalue weighted by atomic mass is 10.0. The molecule has 1 rings (SSSR count). The third-order valence-electron chi connectivity index (χ3n) is 2.77. The average Bonchev–Trinajstić information content (AvgIpc) is 2.33. The maximum atomic E-state index is 9.70. The van der Waals surface area contributed by atoms with Gasteiger partial charge in [-0.05, 0) is 11.8 Å². The van der Waals surface area contributed by atoms with Gasteiger partial charge in [0, 0.05) is 10.1 Å². The van der Waals surface area contributed by atoms with Crippen LogP contribution in [0.4, 0.5) is 0 Å². The lowest BCUT2D eigenvalue weighted by molar-refractivity contribution is 0.475. The normalized spacial score (nSPS) is 11.9. The molecule has 0 atom stereocenters. The summed E-state index contributed by atoms with van der Waals surface area (Å²) in [5.74, 6) is 0.625. The van der Waals surface area contributed by atoms with Crippen molar-refractivity contribution >= 4 is 58.2 Å². The molecular formula is C13H16Cl4OS. The fourth-order valence-electron chi connectivity index (χ4n) is 1.88. The zero-order chi connectivity index (χ0) is 14.9. The summed E-state index contributed by atoms with van der Waals surface area (Å²) in [7, 11) is 0. The molecule has 0 unspecified atom stereocenters. The number of phenols is 1. The summed E-state index contributed by atoms with van der Waals surface area (Å²) >= 11 is 25.8. The molecule has 0 aromatic heterocycles. The Kier molecular flexibility index (Phi) is 6.47. The molecule has 0 saturated heterocycles. The van der Waals surface area contributed by atoms with Crippen LogP contribution in [0, 0.1) is 11.8 Å². The quantitative estimate of drug-likeness (QED) is 0.471. The van der Waals surface area contributed by atoms with Crippen molar-refractivity contribution in [2.75, 3.05) is 0 Å². The Morgan fingerprint density at radius 3 is 1.47 bits per heavy atom. The molecule has 0 bridgehead atoms. The van der Waals surface area contributed by atoms with Crippen molar-refractivity contribution in [3.63, 3.8) is 0 Å². The van der Waals surface area contributed by atoms with Crippen LogP contribution >= 0.6 is 58.2 Å². The predicted octanol–water partition coefficient (Wildman–Crippen LogP) is 6.78. The molecule has 0 aliphatic heterocycles. The summed E-state index contributed by atoms with van der Waals surface area (Å²) in [5, 5.41) is 10.6. The van der Waals surface area contributed by atoms with Crippen molar-refractivity contribution in [3.05, 3.63) is 20.1 Å². The molecule has 1 aromatic carbocycles. The fraction of sp³-hybridized carbons (Fsp3) is 0.538. The van der Waals surface area contributed by atoms with E-state index in [0.29, 0.717) is 22.0 Å². The first kappa shape index (κ1) is 17.6. The number of aromatic hydroxyl groups is 1. The highest BCUT2D eigenvalue weighted by Gasteiger charge is 2.25. The van der Waals surface area contributed by atoms with Gasteiger partial charge in [-0.25, -0.2) is 0 Å². The average molecular weight is 362 g/mol. The van der Waals surface area contributed by atoms with E-state index in [1.807, 2.05) is 0 Å². The van der Waals surface area contributed by atoms with Crippen LogP contribution in [0.5, 0.6) is 5.75 Å². The van der Waals surface area contributed by atoms with E-state index in [0.717, 1.165) is 0 Å². The highest BCUT2D eigenvalue weighted by Crippen LogP contribution is 2.51. The van der Waals surface area contributed by atoms with Gasteiger partial charge in [0.05, 0.1) is 10.0 Å². The van der Waals surface area contributed by atoms with E-state index in [1.165, 1.54) is 0 Å². The van der Waals surface area contributed by atoms with Crippen molar-refractivity contribution < 1.29 is 5.11 Å². The molecule has 1 N–H and O–H groups in total. The van der Waals surface area contributed by atoms with E-state index in [4.69, 9.17) is 46.4 Å². The SMILES string of the molecule is CC(C)C(Sc1c(Cl)c(Cl)c(O)c(Cl)c1Cl)C(C)C. The Hall–Kier alpha value is 0.530. The third kappa shape index (κ3) is 3.79. The molecule has 0 amide bonds. The largest absolute Gasteiger partial charge is 0.505 e. The Balaban J connectivity index is 3.28. The molecule has 1 nitrogen and oxygen atoms in total. The first-order valence-electron chi connectivity index (χ1n) is 5.90. The van der Waals surface area contributed by atoms with Crippen LogP contribution in [0.25, 0.3) is 0 Å². The van der Waals surface area contributed by atoms with Crippen molar-refractivity contribution in [1.82, 2.24) is 0 Å². The van der Waals surface area contributed by atoms with Crippen LogP contribution in [0.3, 0.4) is 0 Å². The van der Waals surface area contributed by atoms with Gasteiger partial charge < -0.3 is 5.11 Å². The monoisotopic (exact) mass is 360 g/mol. The van der Waals surface area contributed by atoms with Gasteiger partial charge in [0.25, 0.3) is 0 Å². The maximum absolute atomic E-state index is 9.70. The van der Waals surface area contributed by atoms with E-state index < -0.39 is 0 Å². The molecular weight excluding hydrogens is 346 g/mol. The lowest BCUT2D eigenvalue weighted by Gasteiger charge is -2.25. The number of hydrogen-bond acceptors (Lipinski definition) is 2. The predicted molar refractivity (Wildman–Crippen MR) is 87.5 cm³/mol. The van der Waals surface area contributed by atoms with E-state index in [1.54, 1.807) is 11.8 Å². The number of thioether (sulfide) groups is 1. The molecule has 1 aromatic rings. The first-order valence-corrected chi connectivity index (χ1v) is 8.29. The van der Waals surface area contributed by atoms with Gasteiger partial charge in [0.15, 0.2) is 5.75 Å². The molecule has 0 spiro atoms. The number of benzene rings is 1. The van der Waals surface area contributed by atoms with Crippen LogP contribution in [-0.2, 0) is 0 Å². The second-order valence-corrected chi connectivity index (χ2v) is 7.70. The Labute approximate surface area is 138 Å². The van der Waals surface area contributed by atoms with Crippen molar-refractivity contribution in [1.29, 1.82) is 0 Å². The number of rotatable bonds is 4. The molecule has 0 heterocycles. The van der Waals surface area contributed by atoms with E-state index in [2.05, 4.69) is 27.7 Å². The molecule has 0 aliphatic carbocycles. The topological polar surface area (TPSA) is 20.2 Å². The maximum Gasteiger partial charge on any atom is 0.155 e. The minimum Gasteiger partial charge on any atom is -0.505 e. The van der Waals surface area contributed by atoms with E-state index in [-0.39, 0.29) is 25.8 Å². The Morgan fingerprint density at radius 2 is 1.16 bits per heavy atom. The van der Waals surface area contributed by atoms with Gasteiger partial charge in [-0.15, -0.1) is 11.8 Å². The fourth-order valence-corrected chi connectivity index (χ4v) is 4.33. The molecule has 0 radical (unpaired) electrons. The highest BCUT2D eigenvalue weighted by atomic mass is 35.5. The third-order valence-corrected chi connectivity index (χ3v) is 6.68. The van der Waals surface area contributed by atoms with Crippen molar-refractivity contribution in [3.8, 4) is 5.75 Å². The summed E-state index contributed by atoms with van der Waals surface area (Å²) in [6.07, 6.45) is 0. The van der Waals surface area contributed by atoms with Gasteiger partial charge in [-0.1, -0.05) is 74.1 Å².